The quantitative estimate of drug-likeness (QED) is 0.153. The van der Waals surface area contributed by atoms with Crippen LogP contribution in [0.5, 0.6) is 0 Å². The first-order valence-electron chi connectivity index (χ1n) is 18.6. The molecule has 2 fully saturated rings. The Morgan fingerprint density at radius 1 is 0.824 bits per heavy atom. The lowest BCUT2D eigenvalue weighted by Gasteiger charge is -2.32. The van der Waals surface area contributed by atoms with Crippen molar-refractivity contribution in [2.45, 2.75) is 96.5 Å². The van der Waals surface area contributed by atoms with Crippen molar-refractivity contribution < 1.29 is 28.7 Å². The third kappa shape index (κ3) is 12.8. The summed E-state index contributed by atoms with van der Waals surface area (Å²) in [5.74, 6) is -1.33. The summed E-state index contributed by atoms with van der Waals surface area (Å²) >= 11 is 0. The molecule has 5 N–H and O–H groups in total. The third-order valence-corrected chi connectivity index (χ3v) is 10.1. The van der Waals surface area contributed by atoms with Gasteiger partial charge in [0.1, 0.15) is 11.6 Å². The summed E-state index contributed by atoms with van der Waals surface area (Å²) in [7, 11) is 0. The van der Waals surface area contributed by atoms with Crippen molar-refractivity contribution in [3.8, 4) is 0 Å². The number of amides is 3. The zero-order valence-corrected chi connectivity index (χ0v) is 31.1. The van der Waals surface area contributed by atoms with E-state index in [0.717, 1.165) is 17.5 Å². The van der Waals surface area contributed by atoms with Gasteiger partial charge in [0.15, 0.2) is 5.78 Å². The highest BCUT2D eigenvalue weighted by molar-refractivity contribution is 5.98. The zero-order valence-electron chi connectivity index (χ0n) is 31.1. The van der Waals surface area contributed by atoms with Crippen molar-refractivity contribution in [1.29, 1.82) is 0 Å². The molecule has 2 heterocycles. The number of hydrogen-bond donors (Lipinski definition) is 4. The second-order valence-corrected chi connectivity index (χ2v) is 15.1. The zero-order chi connectivity index (χ0) is 37.0. The van der Waals surface area contributed by atoms with E-state index in [1.807, 2.05) is 76.2 Å². The number of benzene rings is 2. The molecule has 2 saturated heterocycles. The first-order valence-corrected chi connectivity index (χ1v) is 18.6. The summed E-state index contributed by atoms with van der Waals surface area (Å²) in [6.45, 7) is 12.9. The minimum absolute atomic E-state index is 0.0744. The van der Waals surface area contributed by atoms with Gasteiger partial charge in [-0.2, -0.15) is 0 Å². The summed E-state index contributed by atoms with van der Waals surface area (Å²) in [5.41, 5.74) is 8.06. The third-order valence-electron chi connectivity index (χ3n) is 10.1. The summed E-state index contributed by atoms with van der Waals surface area (Å²) in [6, 6.07) is 17.3. The van der Waals surface area contributed by atoms with Crippen LogP contribution >= 0.6 is 0 Å². The number of morpholine rings is 1. The smallest absolute Gasteiger partial charge is 0.243 e. The van der Waals surface area contributed by atoms with Gasteiger partial charge in [0, 0.05) is 37.5 Å². The number of nitrogens with one attached hydrogen (secondary N) is 3. The fourth-order valence-electron chi connectivity index (χ4n) is 6.73. The number of nitrogens with two attached hydrogens (primary N) is 1. The second-order valence-electron chi connectivity index (χ2n) is 15.1. The van der Waals surface area contributed by atoms with Crippen LogP contribution in [-0.4, -0.2) is 97.6 Å². The number of carbonyl (C=O) groups is 4. The Hall–Kier alpha value is -3.64. The van der Waals surface area contributed by atoms with E-state index in [2.05, 4.69) is 33.0 Å². The van der Waals surface area contributed by atoms with Crippen LogP contribution in [0.1, 0.15) is 65.0 Å². The first-order chi connectivity index (χ1) is 24.3. The number of carbonyl (C=O) groups excluding carboxylic acids is 4. The van der Waals surface area contributed by atoms with Crippen LogP contribution in [0.4, 0.5) is 0 Å². The van der Waals surface area contributed by atoms with Crippen LogP contribution in [-0.2, 0) is 41.5 Å². The van der Waals surface area contributed by atoms with Crippen molar-refractivity contribution in [2.24, 2.45) is 23.5 Å². The van der Waals surface area contributed by atoms with Gasteiger partial charge in [-0.15, -0.1) is 0 Å². The normalized spacial score (nSPS) is 21.1. The Morgan fingerprint density at radius 3 is 2.00 bits per heavy atom. The van der Waals surface area contributed by atoms with E-state index >= 15 is 0 Å². The van der Waals surface area contributed by atoms with Crippen LogP contribution in [0.25, 0.3) is 0 Å². The van der Waals surface area contributed by atoms with Gasteiger partial charge in [-0.1, -0.05) is 88.4 Å². The average molecular weight is 706 g/mol. The van der Waals surface area contributed by atoms with E-state index in [1.54, 1.807) is 6.92 Å². The molecule has 7 atom stereocenters. The molecule has 11 heteroatoms. The summed E-state index contributed by atoms with van der Waals surface area (Å²) in [4.78, 5) is 56.1. The molecule has 11 nitrogen and oxygen atoms in total. The minimum Gasteiger partial charge on any atom is -0.379 e. The molecule has 4 rings (SSSR count). The molecule has 0 radical (unpaired) electrons. The Kier molecular flexibility index (Phi) is 15.2. The van der Waals surface area contributed by atoms with Crippen LogP contribution in [0, 0.1) is 17.8 Å². The van der Waals surface area contributed by atoms with Gasteiger partial charge in [-0.05, 0) is 55.6 Å². The second kappa shape index (κ2) is 19.3. The summed E-state index contributed by atoms with van der Waals surface area (Å²) < 4.78 is 10.8. The molecule has 0 aromatic heterocycles. The number of nitrogens with zero attached hydrogens (tertiary/aromatic N) is 1. The number of rotatable bonds is 20. The molecule has 2 aromatic rings. The minimum atomic E-state index is -0.889. The molecule has 3 amide bonds. The molecule has 51 heavy (non-hydrogen) atoms. The predicted molar refractivity (Wildman–Crippen MR) is 198 cm³/mol. The van der Waals surface area contributed by atoms with Gasteiger partial charge in [0.25, 0.3) is 0 Å². The highest BCUT2D eigenvalue weighted by Crippen LogP contribution is 2.30. The van der Waals surface area contributed by atoms with Crippen LogP contribution < -0.4 is 21.7 Å². The standard InChI is InChI=1S/C40H59N5O6/c1-27(2)22-33(37(47)40(5)26-51-40)43-39(49)34(24-31-14-10-7-11-15-31)44-38(48)29(4)23-28(3)36(41)32(17-16-30-12-8-6-9-13-30)42-35(46)25-45-18-20-50-21-19-45/h6-15,27-29,32-34,36H,16-26,41H2,1-5H3,(H,42,46)(H,43,49)(H,44,48)/t28?,29?,32?,33-,34?,36?,40+/m0/s1. The topological polar surface area (TPSA) is 155 Å². The maximum Gasteiger partial charge on any atom is 0.243 e. The number of Topliss-reactive ketones (excluding diaryl/α,β-unsaturated/α-hetero) is 1. The predicted octanol–water partition coefficient (Wildman–Crippen LogP) is 3.04. The van der Waals surface area contributed by atoms with E-state index in [1.165, 1.54) is 0 Å². The lowest BCUT2D eigenvalue weighted by Crippen LogP contribution is -2.55. The average Bonchev–Trinajstić information content (AvgIpc) is 3.87. The Balaban J connectivity index is 1.41. The summed E-state index contributed by atoms with van der Waals surface area (Å²) in [6.07, 6.45) is 2.60. The maximum atomic E-state index is 13.8. The van der Waals surface area contributed by atoms with Gasteiger partial charge in [0.05, 0.1) is 32.4 Å². The van der Waals surface area contributed by atoms with E-state index in [0.29, 0.717) is 52.2 Å². The molecule has 0 aliphatic carbocycles. The molecule has 2 aliphatic rings. The maximum absolute atomic E-state index is 13.8. The van der Waals surface area contributed by atoms with Crippen LogP contribution in [0.3, 0.4) is 0 Å². The highest BCUT2D eigenvalue weighted by Gasteiger charge is 2.50. The van der Waals surface area contributed by atoms with Gasteiger partial charge >= 0.3 is 0 Å². The first kappa shape index (κ1) is 40.1. The van der Waals surface area contributed by atoms with Crippen molar-refractivity contribution in [2.75, 3.05) is 39.5 Å². The fourth-order valence-corrected chi connectivity index (χ4v) is 6.73. The molecule has 0 spiro atoms. The number of ketones is 1. The molecular formula is C40H59N5O6. The van der Waals surface area contributed by atoms with Gasteiger partial charge in [-0.3, -0.25) is 24.1 Å². The van der Waals surface area contributed by atoms with Crippen LogP contribution in [0.2, 0.25) is 0 Å². The molecule has 5 unspecified atom stereocenters. The van der Waals surface area contributed by atoms with E-state index in [-0.39, 0.29) is 48.4 Å². The van der Waals surface area contributed by atoms with Crippen molar-refractivity contribution >= 4 is 23.5 Å². The van der Waals surface area contributed by atoms with E-state index in [4.69, 9.17) is 15.2 Å². The van der Waals surface area contributed by atoms with Crippen molar-refractivity contribution in [3.05, 3.63) is 71.8 Å². The van der Waals surface area contributed by atoms with Crippen LogP contribution in [0.15, 0.2) is 60.7 Å². The number of aryl methyl sites for hydroxylation is 1. The largest absolute Gasteiger partial charge is 0.379 e. The van der Waals surface area contributed by atoms with Gasteiger partial charge in [-0.25, -0.2) is 0 Å². The lowest BCUT2D eigenvalue weighted by molar-refractivity contribution is -0.134. The van der Waals surface area contributed by atoms with Gasteiger partial charge < -0.3 is 31.2 Å². The lowest BCUT2D eigenvalue weighted by atomic mass is 9.85. The van der Waals surface area contributed by atoms with Crippen molar-refractivity contribution in [1.82, 2.24) is 20.9 Å². The van der Waals surface area contributed by atoms with Gasteiger partial charge in [0.2, 0.25) is 17.7 Å². The fraction of sp³-hybridized carbons (Fsp3) is 0.600. The molecule has 0 saturated carbocycles. The highest BCUT2D eigenvalue weighted by atomic mass is 16.6. The molecule has 2 aliphatic heterocycles. The number of epoxide rings is 1. The van der Waals surface area contributed by atoms with E-state index < -0.39 is 35.6 Å². The molecular weight excluding hydrogens is 646 g/mol. The van der Waals surface area contributed by atoms with Crippen molar-refractivity contribution in [3.63, 3.8) is 0 Å². The molecule has 0 bridgehead atoms. The molecule has 2 aromatic carbocycles. The number of hydrogen-bond acceptors (Lipinski definition) is 8. The Labute approximate surface area is 303 Å². The number of ether oxygens (including phenoxy) is 2. The Bertz CT molecular complexity index is 1410. The molecule has 280 valence electrons. The monoisotopic (exact) mass is 705 g/mol. The Morgan fingerprint density at radius 2 is 1.41 bits per heavy atom. The van der Waals surface area contributed by atoms with E-state index in [9.17, 15) is 19.2 Å². The SMILES string of the molecule is CC(C)C[C@H](NC(=O)C(Cc1ccccc1)NC(=O)C(C)CC(C)C(N)C(CCc1ccccc1)NC(=O)CN1CCOCC1)C(=O)[C@@]1(C)CO1. The summed E-state index contributed by atoms with van der Waals surface area (Å²) in [5, 5.41) is 9.16.